The van der Waals surface area contributed by atoms with Crippen LogP contribution < -0.4 is 11.1 Å². The average molecular weight is 250 g/mol. The maximum atomic E-state index is 8.86. The van der Waals surface area contributed by atoms with E-state index in [2.05, 4.69) is 44.3 Å². The van der Waals surface area contributed by atoms with Gasteiger partial charge in [-0.3, -0.25) is 0 Å². The van der Waals surface area contributed by atoms with Gasteiger partial charge in [0.1, 0.15) is 0 Å². The summed E-state index contributed by atoms with van der Waals surface area (Å²) in [6, 6.07) is 6.90. The number of hydrogen-bond acceptors (Lipinski definition) is 3. The minimum Gasteiger partial charge on any atom is -0.396 e. The lowest BCUT2D eigenvalue weighted by molar-refractivity contribution is 0.274. The van der Waals surface area contributed by atoms with Gasteiger partial charge in [-0.2, -0.15) is 0 Å². The molecular weight excluding hydrogens is 224 g/mol. The van der Waals surface area contributed by atoms with Crippen LogP contribution in [0, 0.1) is 13.8 Å². The van der Waals surface area contributed by atoms with Crippen LogP contribution in [0.25, 0.3) is 0 Å². The summed E-state index contributed by atoms with van der Waals surface area (Å²) in [7, 11) is 0. The van der Waals surface area contributed by atoms with E-state index in [4.69, 9.17) is 10.8 Å². The summed E-state index contributed by atoms with van der Waals surface area (Å²) in [4.78, 5) is 0. The first kappa shape index (κ1) is 15.2. The molecule has 0 aliphatic heterocycles. The summed E-state index contributed by atoms with van der Waals surface area (Å²) in [5.41, 5.74) is 9.79. The van der Waals surface area contributed by atoms with Gasteiger partial charge in [0.05, 0.1) is 0 Å². The van der Waals surface area contributed by atoms with Gasteiger partial charge in [0, 0.05) is 25.2 Å². The maximum absolute atomic E-state index is 8.86. The van der Waals surface area contributed by atoms with E-state index in [0.717, 1.165) is 12.8 Å². The Kier molecular flexibility index (Phi) is 6.33. The molecule has 0 bridgehead atoms. The number of rotatable bonds is 7. The minimum atomic E-state index is 0.194. The van der Waals surface area contributed by atoms with Crippen molar-refractivity contribution < 1.29 is 5.11 Å². The first-order chi connectivity index (χ1) is 8.60. The predicted molar refractivity (Wildman–Crippen MR) is 76.6 cm³/mol. The zero-order valence-electron chi connectivity index (χ0n) is 11.7. The molecule has 2 unspecified atom stereocenters. The third kappa shape index (κ3) is 4.09. The largest absolute Gasteiger partial charge is 0.396 e. The van der Waals surface area contributed by atoms with E-state index >= 15 is 0 Å². The molecular formula is C15H26N2O. The van der Waals surface area contributed by atoms with Crippen molar-refractivity contribution in [3.8, 4) is 0 Å². The van der Waals surface area contributed by atoms with Crippen LogP contribution in [-0.2, 0) is 0 Å². The average Bonchev–Trinajstić information content (AvgIpc) is 2.34. The zero-order chi connectivity index (χ0) is 13.5. The van der Waals surface area contributed by atoms with Crippen LogP contribution in [0.1, 0.15) is 42.5 Å². The van der Waals surface area contributed by atoms with Crippen molar-refractivity contribution >= 4 is 0 Å². The van der Waals surface area contributed by atoms with Gasteiger partial charge in [0.15, 0.2) is 0 Å². The molecule has 0 aliphatic rings. The molecule has 0 radical (unpaired) electrons. The Morgan fingerprint density at radius 3 is 2.39 bits per heavy atom. The number of benzene rings is 1. The van der Waals surface area contributed by atoms with Crippen molar-refractivity contribution in [2.24, 2.45) is 5.73 Å². The highest BCUT2D eigenvalue weighted by atomic mass is 16.2. The molecule has 0 amide bonds. The Morgan fingerprint density at radius 1 is 1.28 bits per heavy atom. The number of hydrogen-bond donors (Lipinski definition) is 3. The Labute approximate surface area is 110 Å². The van der Waals surface area contributed by atoms with E-state index in [-0.39, 0.29) is 12.6 Å². The number of aliphatic hydroxyl groups excluding tert-OH is 1. The first-order valence-corrected chi connectivity index (χ1v) is 6.73. The van der Waals surface area contributed by atoms with Gasteiger partial charge in [-0.05, 0) is 50.3 Å². The Morgan fingerprint density at radius 2 is 1.89 bits per heavy atom. The van der Waals surface area contributed by atoms with Crippen molar-refractivity contribution in [2.75, 3.05) is 13.2 Å². The monoisotopic (exact) mass is 250 g/mol. The predicted octanol–water partition coefficient (Wildman–Crippen LogP) is 2.05. The van der Waals surface area contributed by atoms with E-state index < -0.39 is 0 Å². The van der Waals surface area contributed by atoms with Gasteiger partial charge in [-0.25, -0.2) is 0 Å². The molecule has 1 aromatic carbocycles. The second-order valence-corrected chi connectivity index (χ2v) is 5.03. The summed E-state index contributed by atoms with van der Waals surface area (Å²) < 4.78 is 0. The van der Waals surface area contributed by atoms with Crippen LogP contribution in [0.2, 0.25) is 0 Å². The molecule has 0 saturated heterocycles. The number of nitrogens with two attached hydrogens (primary N) is 1. The van der Waals surface area contributed by atoms with Gasteiger partial charge in [0.25, 0.3) is 0 Å². The fourth-order valence-corrected chi connectivity index (χ4v) is 2.47. The van der Waals surface area contributed by atoms with Crippen LogP contribution in [0.3, 0.4) is 0 Å². The van der Waals surface area contributed by atoms with E-state index in [1.54, 1.807) is 0 Å². The second-order valence-electron chi connectivity index (χ2n) is 5.03. The summed E-state index contributed by atoms with van der Waals surface area (Å²) in [5.74, 6) is 0. The fourth-order valence-electron chi connectivity index (χ4n) is 2.47. The summed E-state index contributed by atoms with van der Waals surface area (Å²) >= 11 is 0. The van der Waals surface area contributed by atoms with Crippen molar-refractivity contribution in [1.29, 1.82) is 0 Å². The normalized spacial score (nSPS) is 14.5. The Bertz CT molecular complexity index is 345. The molecule has 102 valence electrons. The van der Waals surface area contributed by atoms with Gasteiger partial charge in [-0.15, -0.1) is 0 Å². The summed E-state index contributed by atoms with van der Waals surface area (Å²) in [6.45, 7) is 7.25. The molecule has 0 fully saturated rings. The molecule has 0 saturated carbocycles. The molecule has 0 heterocycles. The van der Waals surface area contributed by atoms with E-state index in [1.165, 1.54) is 16.7 Å². The van der Waals surface area contributed by atoms with Crippen molar-refractivity contribution in [1.82, 2.24) is 5.32 Å². The van der Waals surface area contributed by atoms with Gasteiger partial charge in [0.2, 0.25) is 0 Å². The molecule has 0 aromatic heterocycles. The van der Waals surface area contributed by atoms with E-state index in [1.807, 2.05) is 0 Å². The summed E-state index contributed by atoms with van der Waals surface area (Å²) in [6.07, 6.45) is 1.80. The van der Waals surface area contributed by atoms with Crippen molar-refractivity contribution in [3.05, 3.63) is 34.9 Å². The van der Waals surface area contributed by atoms with Gasteiger partial charge >= 0.3 is 0 Å². The minimum absolute atomic E-state index is 0.194. The van der Waals surface area contributed by atoms with Crippen LogP contribution >= 0.6 is 0 Å². The number of nitrogens with one attached hydrogen (secondary N) is 1. The van der Waals surface area contributed by atoms with Crippen molar-refractivity contribution in [3.63, 3.8) is 0 Å². The topological polar surface area (TPSA) is 58.3 Å². The molecule has 1 rings (SSSR count). The Hall–Kier alpha value is -0.900. The fraction of sp³-hybridized carbons (Fsp3) is 0.600. The molecule has 3 heteroatoms. The standard InChI is InChI=1S/C15H26N2O/c1-11-6-4-7-12(2)15(11)14(10-16)17-13(3)8-5-9-18/h4,6-7,13-14,17-18H,5,8-10,16H2,1-3H3. The zero-order valence-corrected chi connectivity index (χ0v) is 11.7. The Balaban J connectivity index is 2.77. The highest BCUT2D eigenvalue weighted by Gasteiger charge is 2.16. The highest BCUT2D eigenvalue weighted by molar-refractivity contribution is 5.36. The van der Waals surface area contributed by atoms with E-state index in [9.17, 15) is 0 Å². The van der Waals surface area contributed by atoms with Crippen LogP contribution in [-0.4, -0.2) is 24.3 Å². The van der Waals surface area contributed by atoms with Crippen LogP contribution in [0.5, 0.6) is 0 Å². The van der Waals surface area contributed by atoms with Crippen LogP contribution in [0.15, 0.2) is 18.2 Å². The molecule has 0 spiro atoms. The molecule has 2 atom stereocenters. The number of aryl methyl sites for hydroxylation is 2. The lowest BCUT2D eigenvalue weighted by atomic mass is 9.95. The number of aliphatic hydroxyl groups is 1. The smallest absolute Gasteiger partial charge is 0.0451 e. The third-order valence-electron chi connectivity index (χ3n) is 3.41. The molecule has 0 aliphatic carbocycles. The quantitative estimate of drug-likeness (QED) is 0.694. The maximum Gasteiger partial charge on any atom is 0.0451 e. The van der Waals surface area contributed by atoms with E-state index in [0.29, 0.717) is 12.6 Å². The molecule has 18 heavy (non-hydrogen) atoms. The molecule has 1 aromatic rings. The highest BCUT2D eigenvalue weighted by Crippen LogP contribution is 2.22. The first-order valence-electron chi connectivity index (χ1n) is 6.73. The lowest BCUT2D eigenvalue weighted by Crippen LogP contribution is -2.36. The summed E-state index contributed by atoms with van der Waals surface area (Å²) in [5, 5.41) is 12.4. The van der Waals surface area contributed by atoms with Gasteiger partial charge < -0.3 is 16.2 Å². The van der Waals surface area contributed by atoms with Gasteiger partial charge in [-0.1, -0.05) is 18.2 Å². The SMILES string of the molecule is Cc1cccc(C)c1C(CN)NC(C)CCCO. The third-order valence-corrected chi connectivity index (χ3v) is 3.41. The van der Waals surface area contributed by atoms with Crippen LogP contribution in [0.4, 0.5) is 0 Å². The molecule has 3 nitrogen and oxygen atoms in total. The second kappa shape index (κ2) is 7.52. The lowest BCUT2D eigenvalue weighted by Gasteiger charge is -2.25. The molecule has 4 N–H and O–H groups in total. The van der Waals surface area contributed by atoms with Crippen molar-refractivity contribution in [2.45, 2.75) is 45.7 Å².